The van der Waals surface area contributed by atoms with Crippen LogP contribution in [0.3, 0.4) is 0 Å². The lowest BCUT2D eigenvalue weighted by molar-refractivity contribution is -0.132. The minimum absolute atomic E-state index is 0.354. The number of hydrogen-bond acceptors (Lipinski definition) is 4. The molecule has 0 radical (unpaired) electrons. The Hall–Kier alpha value is -2.77. The molecule has 2 aromatic rings. The molecule has 0 heterocycles. The third-order valence-electron chi connectivity index (χ3n) is 3.97. The summed E-state index contributed by atoms with van der Waals surface area (Å²) < 4.78 is 10.4. The van der Waals surface area contributed by atoms with Crippen LogP contribution < -0.4 is 14.8 Å². The van der Waals surface area contributed by atoms with Gasteiger partial charge >= 0.3 is 5.97 Å². The van der Waals surface area contributed by atoms with Gasteiger partial charge < -0.3 is 14.8 Å². The van der Waals surface area contributed by atoms with Crippen molar-refractivity contribution in [3.63, 3.8) is 0 Å². The molecule has 0 aromatic heterocycles. The third kappa shape index (κ3) is 7.98. The molecule has 142 valence electrons. The Morgan fingerprint density at radius 2 is 1.85 bits per heavy atom. The zero-order valence-electron chi connectivity index (χ0n) is 16.1. The largest absolute Gasteiger partial charge is 0.493 e. The molecule has 4 nitrogen and oxygen atoms in total. The summed E-state index contributed by atoms with van der Waals surface area (Å²) in [6, 6.07) is 15.7. The number of methoxy groups -OCH3 is 1. The minimum atomic E-state index is -0.354. The Morgan fingerprint density at radius 1 is 1.04 bits per heavy atom. The number of hydrogen-bond donors (Lipinski definition) is 1. The van der Waals surface area contributed by atoms with Gasteiger partial charge in [-0.15, -0.1) is 0 Å². The Bertz CT molecular complexity index is 775. The predicted molar refractivity (Wildman–Crippen MR) is 108 cm³/mol. The summed E-state index contributed by atoms with van der Waals surface area (Å²) in [5.41, 5.74) is 2.17. The molecule has 0 amide bonds. The van der Waals surface area contributed by atoms with Crippen LogP contribution in [0.25, 0.3) is 0 Å². The van der Waals surface area contributed by atoms with Gasteiger partial charge in [-0.1, -0.05) is 42.5 Å². The fourth-order valence-corrected chi connectivity index (χ4v) is 2.62. The third-order valence-corrected chi connectivity index (χ3v) is 3.97. The molecule has 0 unspecified atom stereocenters. The van der Waals surface area contributed by atoms with Gasteiger partial charge in [-0.25, -0.2) is 0 Å². The van der Waals surface area contributed by atoms with Gasteiger partial charge in [0.1, 0.15) is 0 Å². The lowest BCUT2D eigenvalue weighted by atomic mass is 10.1. The van der Waals surface area contributed by atoms with E-state index in [2.05, 4.69) is 17.2 Å². The summed E-state index contributed by atoms with van der Waals surface area (Å²) in [5.74, 6) is 7.08. The highest BCUT2D eigenvalue weighted by Crippen LogP contribution is 2.28. The SMILES string of the molecule is COc1cc(CNCCCCCC#Cc2ccccc2)ccc1OC(C)=O. The van der Waals surface area contributed by atoms with Crippen LogP contribution in [-0.2, 0) is 11.3 Å². The maximum absolute atomic E-state index is 11.1. The monoisotopic (exact) mass is 365 g/mol. The summed E-state index contributed by atoms with van der Waals surface area (Å²) in [4.78, 5) is 11.1. The van der Waals surface area contributed by atoms with Gasteiger partial charge in [-0.05, 0) is 49.2 Å². The molecule has 0 fully saturated rings. The molecular weight excluding hydrogens is 338 g/mol. The van der Waals surface area contributed by atoms with Crippen molar-refractivity contribution in [2.45, 2.75) is 39.2 Å². The second kappa shape index (κ2) is 11.8. The average molecular weight is 365 g/mol. The molecule has 2 rings (SSSR count). The number of ether oxygens (including phenoxy) is 2. The molecule has 0 atom stereocenters. The maximum Gasteiger partial charge on any atom is 0.308 e. The average Bonchev–Trinajstić information content (AvgIpc) is 2.68. The van der Waals surface area contributed by atoms with Gasteiger partial charge in [0.05, 0.1) is 7.11 Å². The van der Waals surface area contributed by atoms with Crippen LogP contribution in [0, 0.1) is 11.8 Å². The first kappa shape index (κ1) is 20.5. The molecule has 27 heavy (non-hydrogen) atoms. The van der Waals surface area contributed by atoms with E-state index < -0.39 is 0 Å². The standard InChI is InChI=1S/C23H27NO3/c1-19(25)27-22-15-14-21(17-23(22)26-2)18-24-16-10-5-3-4-7-11-20-12-8-6-9-13-20/h6,8-9,12-15,17,24H,3-5,10,16,18H2,1-2H3. The van der Waals surface area contributed by atoms with Gasteiger partial charge in [0, 0.05) is 25.5 Å². The van der Waals surface area contributed by atoms with E-state index in [1.807, 2.05) is 42.5 Å². The van der Waals surface area contributed by atoms with Crippen LogP contribution in [0.2, 0.25) is 0 Å². The second-order valence-corrected chi connectivity index (χ2v) is 6.23. The molecular formula is C23H27NO3. The van der Waals surface area contributed by atoms with Gasteiger partial charge in [0.25, 0.3) is 0 Å². The van der Waals surface area contributed by atoms with Crippen LogP contribution in [-0.4, -0.2) is 19.6 Å². The van der Waals surface area contributed by atoms with Crippen LogP contribution in [0.5, 0.6) is 11.5 Å². The van der Waals surface area contributed by atoms with E-state index in [4.69, 9.17) is 9.47 Å². The highest BCUT2D eigenvalue weighted by Gasteiger charge is 2.07. The minimum Gasteiger partial charge on any atom is -0.493 e. The number of nitrogens with one attached hydrogen (secondary N) is 1. The summed E-state index contributed by atoms with van der Waals surface area (Å²) in [6.45, 7) is 3.09. The molecule has 0 aliphatic rings. The normalized spacial score (nSPS) is 10.0. The fourth-order valence-electron chi connectivity index (χ4n) is 2.62. The Labute approximate surface area is 161 Å². The van der Waals surface area contributed by atoms with E-state index in [0.717, 1.165) is 49.9 Å². The van der Waals surface area contributed by atoms with E-state index >= 15 is 0 Å². The van der Waals surface area contributed by atoms with Crippen molar-refractivity contribution >= 4 is 5.97 Å². The van der Waals surface area contributed by atoms with E-state index in [-0.39, 0.29) is 5.97 Å². The number of benzene rings is 2. The van der Waals surface area contributed by atoms with Crippen molar-refractivity contribution in [1.29, 1.82) is 0 Å². The second-order valence-electron chi connectivity index (χ2n) is 6.23. The van der Waals surface area contributed by atoms with Crippen molar-refractivity contribution in [3.05, 3.63) is 59.7 Å². The Balaban J connectivity index is 1.61. The fraction of sp³-hybridized carbons (Fsp3) is 0.348. The summed E-state index contributed by atoms with van der Waals surface area (Å²) in [6.07, 6.45) is 4.33. The van der Waals surface area contributed by atoms with E-state index in [1.165, 1.54) is 6.92 Å². The Morgan fingerprint density at radius 3 is 2.59 bits per heavy atom. The zero-order chi connectivity index (χ0) is 19.3. The molecule has 1 N–H and O–H groups in total. The first-order valence-corrected chi connectivity index (χ1v) is 9.29. The zero-order valence-corrected chi connectivity index (χ0v) is 16.1. The first-order valence-electron chi connectivity index (χ1n) is 9.29. The van der Waals surface area contributed by atoms with Crippen molar-refractivity contribution < 1.29 is 14.3 Å². The van der Waals surface area contributed by atoms with Crippen molar-refractivity contribution in [2.24, 2.45) is 0 Å². The predicted octanol–water partition coefficient (Wildman–Crippen LogP) is 4.32. The van der Waals surface area contributed by atoms with Gasteiger partial charge in [0.2, 0.25) is 0 Å². The molecule has 0 saturated heterocycles. The number of carbonyl (C=O) groups excluding carboxylic acids is 1. The van der Waals surface area contributed by atoms with Crippen LogP contribution in [0.4, 0.5) is 0 Å². The molecule has 4 heteroatoms. The smallest absolute Gasteiger partial charge is 0.308 e. The maximum atomic E-state index is 11.1. The van der Waals surface area contributed by atoms with Gasteiger partial charge in [-0.3, -0.25) is 4.79 Å². The summed E-state index contributed by atoms with van der Waals surface area (Å²) in [5, 5.41) is 3.43. The number of carbonyl (C=O) groups is 1. The van der Waals surface area contributed by atoms with Crippen LogP contribution in [0.1, 0.15) is 43.7 Å². The molecule has 0 spiro atoms. The van der Waals surface area contributed by atoms with E-state index in [1.54, 1.807) is 13.2 Å². The Kier molecular flexibility index (Phi) is 8.95. The van der Waals surface area contributed by atoms with E-state index in [0.29, 0.717) is 11.5 Å². The highest BCUT2D eigenvalue weighted by atomic mass is 16.6. The van der Waals surface area contributed by atoms with E-state index in [9.17, 15) is 4.79 Å². The number of unbranched alkanes of at least 4 members (excludes halogenated alkanes) is 3. The quantitative estimate of drug-likeness (QED) is 0.311. The molecule has 0 aliphatic carbocycles. The van der Waals surface area contributed by atoms with Crippen molar-refractivity contribution in [3.8, 4) is 23.3 Å². The first-order chi connectivity index (χ1) is 13.2. The van der Waals surface area contributed by atoms with Crippen LogP contribution >= 0.6 is 0 Å². The molecule has 0 saturated carbocycles. The number of esters is 1. The lowest BCUT2D eigenvalue weighted by Gasteiger charge is -2.10. The summed E-state index contributed by atoms with van der Waals surface area (Å²) >= 11 is 0. The van der Waals surface area contributed by atoms with Crippen LogP contribution in [0.15, 0.2) is 48.5 Å². The van der Waals surface area contributed by atoms with Gasteiger partial charge in [0.15, 0.2) is 11.5 Å². The summed E-state index contributed by atoms with van der Waals surface area (Å²) in [7, 11) is 1.57. The molecule has 2 aromatic carbocycles. The molecule has 0 bridgehead atoms. The van der Waals surface area contributed by atoms with Crippen molar-refractivity contribution in [2.75, 3.05) is 13.7 Å². The topological polar surface area (TPSA) is 47.6 Å². The van der Waals surface area contributed by atoms with Gasteiger partial charge in [-0.2, -0.15) is 0 Å². The van der Waals surface area contributed by atoms with Crippen molar-refractivity contribution in [1.82, 2.24) is 5.32 Å². The number of rotatable bonds is 9. The highest BCUT2D eigenvalue weighted by molar-refractivity contribution is 5.70. The lowest BCUT2D eigenvalue weighted by Crippen LogP contribution is -2.14. The molecule has 0 aliphatic heterocycles.